The van der Waals surface area contributed by atoms with E-state index in [2.05, 4.69) is 5.32 Å². The molecule has 1 amide bonds. The number of phenolic OH excluding ortho intramolecular Hbond substituents is 1. The minimum Gasteiger partial charge on any atom is -0.508 e. The number of thioether (sulfide) groups is 1. The van der Waals surface area contributed by atoms with Gasteiger partial charge in [0.25, 0.3) is 0 Å². The van der Waals surface area contributed by atoms with E-state index in [-0.39, 0.29) is 16.5 Å². The number of nitrogens with zero attached hydrogens (tertiary/aromatic N) is 1. The van der Waals surface area contributed by atoms with Crippen molar-refractivity contribution in [3.05, 3.63) is 29.8 Å². The van der Waals surface area contributed by atoms with Gasteiger partial charge in [-0.2, -0.15) is 0 Å². The minimum atomic E-state index is -0.511. The maximum atomic E-state index is 12.5. The van der Waals surface area contributed by atoms with Crippen LogP contribution in [0.15, 0.2) is 24.3 Å². The molecule has 22 heavy (non-hydrogen) atoms. The normalized spacial score (nSPS) is 22.0. The van der Waals surface area contributed by atoms with E-state index in [1.807, 2.05) is 28.8 Å². The summed E-state index contributed by atoms with van der Waals surface area (Å²) in [6.45, 7) is 2.63. The highest BCUT2D eigenvalue weighted by molar-refractivity contribution is 8.00. The standard InChI is InChI=1S/C16H23N3O2S/c17-14(11-12-1-3-13(20)4-2-12)15(21)19-8-5-16(6-9-19)18-7-10-22-16/h1-4,14,18,20H,5-11,17H2. The van der Waals surface area contributed by atoms with E-state index < -0.39 is 6.04 Å². The van der Waals surface area contributed by atoms with Crippen molar-refractivity contribution in [1.82, 2.24) is 10.2 Å². The average Bonchev–Trinajstić information content (AvgIpc) is 2.98. The number of carbonyl (C=O) groups excluding carboxylic acids is 1. The van der Waals surface area contributed by atoms with Crippen molar-refractivity contribution in [2.45, 2.75) is 30.2 Å². The van der Waals surface area contributed by atoms with Gasteiger partial charge in [-0.15, -0.1) is 11.8 Å². The molecule has 6 heteroatoms. The Morgan fingerprint density at radius 1 is 1.36 bits per heavy atom. The topological polar surface area (TPSA) is 78.6 Å². The molecule has 1 aromatic carbocycles. The summed E-state index contributed by atoms with van der Waals surface area (Å²) in [6, 6.07) is 6.36. The lowest BCUT2D eigenvalue weighted by molar-refractivity contribution is -0.133. The minimum absolute atomic E-state index is 0.0333. The van der Waals surface area contributed by atoms with Crippen LogP contribution in [0.1, 0.15) is 18.4 Å². The fraction of sp³-hybridized carbons (Fsp3) is 0.562. The first kappa shape index (κ1) is 15.6. The quantitative estimate of drug-likeness (QED) is 0.771. The van der Waals surface area contributed by atoms with Gasteiger partial charge in [0.1, 0.15) is 5.75 Å². The van der Waals surface area contributed by atoms with Crippen LogP contribution in [0.3, 0.4) is 0 Å². The van der Waals surface area contributed by atoms with Crippen LogP contribution in [0, 0.1) is 0 Å². The van der Waals surface area contributed by atoms with Crippen molar-refractivity contribution >= 4 is 17.7 Å². The van der Waals surface area contributed by atoms with Crippen LogP contribution in [-0.2, 0) is 11.2 Å². The molecule has 0 saturated carbocycles. The Kier molecular flexibility index (Phi) is 4.61. The Balaban J connectivity index is 1.54. The molecule has 1 spiro atoms. The number of likely N-dealkylation sites (tertiary alicyclic amines) is 1. The second-order valence-corrected chi connectivity index (χ2v) is 7.55. The van der Waals surface area contributed by atoms with E-state index in [1.165, 1.54) is 0 Å². The van der Waals surface area contributed by atoms with Gasteiger partial charge in [0.2, 0.25) is 5.91 Å². The number of hydrogen-bond donors (Lipinski definition) is 3. The van der Waals surface area contributed by atoms with Gasteiger partial charge in [-0.1, -0.05) is 12.1 Å². The van der Waals surface area contributed by atoms with Crippen LogP contribution in [-0.4, -0.2) is 52.2 Å². The molecular weight excluding hydrogens is 298 g/mol. The smallest absolute Gasteiger partial charge is 0.239 e. The third-order valence-electron chi connectivity index (χ3n) is 4.52. The van der Waals surface area contributed by atoms with Gasteiger partial charge in [-0.3, -0.25) is 4.79 Å². The molecular formula is C16H23N3O2S. The molecule has 0 aliphatic carbocycles. The summed E-state index contributed by atoms with van der Waals surface area (Å²) in [6.07, 6.45) is 2.50. The maximum absolute atomic E-state index is 12.5. The summed E-state index contributed by atoms with van der Waals surface area (Å²) in [5, 5.41) is 12.9. The van der Waals surface area contributed by atoms with Gasteiger partial charge in [0.05, 0.1) is 10.9 Å². The molecule has 120 valence electrons. The highest BCUT2D eigenvalue weighted by atomic mass is 32.2. The van der Waals surface area contributed by atoms with E-state index in [0.29, 0.717) is 6.42 Å². The highest BCUT2D eigenvalue weighted by Crippen LogP contribution is 2.36. The van der Waals surface area contributed by atoms with Crippen LogP contribution < -0.4 is 11.1 Å². The van der Waals surface area contributed by atoms with E-state index in [9.17, 15) is 9.90 Å². The van der Waals surface area contributed by atoms with Crippen LogP contribution >= 0.6 is 11.8 Å². The fourth-order valence-electron chi connectivity index (χ4n) is 3.19. The van der Waals surface area contributed by atoms with Crippen molar-refractivity contribution in [3.8, 4) is 5.75 Å². The summed E-state index contributed by atoms with van der Waals surface area (Å²) in [5.41, 5.74) is 7.06. The number of nitrogens with one attached hydrogen (secondary N) is 1. The Labute approximate surface area is 135 Å². The molecule has 3 rings (SSSR count). The van der Waals surface area contributed by atoms with Gasteiger partial charge >= 0.3 is 0 Å². The third kappa shape index (κ3) is 3.39. The molecule has 2 heterocycles. The number of amides is 1. The zero-order valence-electron chi connectivity index (χ0n) is 12.6. The Bertz CT molecular complexity index is 519. The highest BCUT2D eigenvalue weighted by Gasteiger charge is 2.39. The second-order valence-electron chi connectivity index (χ2n) is 6.07. The summed E-state index contributed by atoms with van der Waals surface area (Å²) < 4.78 is 0. The van der Waals surface area contributed by atoms with E-state index in [0.717, 1.165) is 43.8 Å². The van der Waals surface area contributed by atoms with Crippen LogP contribution in [0.25, 0.3) is 0 Å². The maximum Gasteiger partial charge on any atom is 0.239 e. The summed E-state index contributed by atoms with van der Waals surface area (Å²) in [4.78, 5) is 14.6. The predicted molar refractivity (Wildman–Crippen MR) is 88.8 cm³/mol. The zero-order valence-corrected chi connectivity index (χ0v) is 13.4. The van der Waals surface area contributed by atoms with Gasteiger partial charge in [0, 0.05) is 25.4 Å². The molecule has 2 fully saturated rings. The first-order valence-corrected chi connectivity index (χ1v) is 8.78. The lowest BCUT2D eigenvalue weighted by Crippen LogP contribution is -2.53. The third-order valence-corrected chi connectivity index (χ3v) is 6.03. The second kappa shape index (κ2) is 6.48. The van der Waals surface area contributed by atoms with E-state index in [1.54, 1.807) is 12.1 Å². The van der Waals surface area contributed by atoms with Crippen molar-refractivity contribution in [2.75, 3.05) is 25.4 Å². The summed E-state index contributed by atoms with van der Waals surface area (Å²) in [7, 11) is 0. The van der Waals surface area contributed by atoms with Crippen LogP contribution in [0.2, 0.25) is 0 Å². The van der Waals surface area contributed by atoms with Gasteiger partial charge in [0.15, 0.2) is 0 Å². The molecule has 0 bridgehead atoms. The monoisotopic (exact) mass is 321 g/mol. The number of rotatable bonds is 3. The first-order chi connectivity index (χ1) is 10.6. The van der Waals surface area contributed by atoms with Crippen LogP contribution in [0.5, 0.6) is 5.75 Å². The number of benzene rings is 1. The number of aromatic hydroxyl groups is 1. The molecule has 2 aliphatic rings. The lowest BCUT2D eigenvalue weighted by atomic mass is 10.0. The lowest BCUT2D eigenvalue weighted by Gasteiger charge is -2.39. The summed E-state index contributed by atoms with van der Waals surface area (Å²) in [5.74, 6) is 1.42. The predicted octanol–water partition coefficient (Wildman–Crippen LogP) is 0.917. The van der Waals surface area contributed by atoms with Gasteiger partial charge < -0.3 is 21.1 Å². The Morgan fingerprint density at radius 2 is 2.05 bits per heavy atom. The van der Waals surface area contributed by atoms with Crippen molar-refractivity contribution in [1.29, 1.82) is 0 Å². The van der Waals surface area contributed by atoms with Crippen molar-refractivity contribution in [2.24, 2.45) is 5.73 Å². The van der Waals surface area contributed by atoms with Crippen LogP contribution in [0.4, 0.5) is 0 Å². The van der Waals surface area contributed by atoms with E-state index >= 15 is 0 Å². The molecule has 1 aromatic rings. The first-order valence-electron chi connectivity index (χ1n) is 7.79. The SMILES string of the molecule is NC(Cc1ccc(O)cc1)C(=O)N1CCC2(CC1)NCCS2. The molecule has 1 atom stereocenters. The fourth-order valence-corrected chi connectivity index (χ4v) is 4.46. The number of piperidine rings is 1. The Hall–Kier alpha value is -1.24. The summed E-state index contributed by atoms with van der Waals surface area (Å²) >= 11 is 1.99. The molecule has 1 unspecified atom stereocenters. The molecule has 2 aliphatic heterocycles. The number of hydrogen-bond acceptors (Lipinski definition) is 5. The average molecular weight is 321 g/mol. The number of carbonyl (C=O) groups is 1. The number of phenols is 1. The van der Waals surface area contributed by atoms with Crippen molar-refractivity contribution < 1.29 is 9.90 Å². The Morgan fingerprint density at radius 3 is 2.64 bits per heavy atom. The molecule has 4 N–H and O–H groups in total. The van der Waals surface area contributed by atoms with Gasteiger partial charge in [-0.25, -0.2) is 0 Å². The van der Waals surface area contributed by atoms with Crippen molar-refractivity contribution in [3.63, 3.8) is 0 Å². The van der Waals surface area contributed by atoms with E-state index in [4.69, 9.17) is 5.73 Å². The molecule has 5 nitrogen and oxygen atoms in total. The number of nitrogens with two attached hydrogens (primary N) is 1. The molecule has 0 radical (unpaired) electrons. The zero-order chi connectivity index (χ0) is 15.6. The molecule has 2 saturated heterocycles. The largest absolute Gasteiger partial charge is 0.508 e. The van der Waals surface area contributed by atoms with Gasteiger partial charge in [-0.05, 0) is 37.0 Å². The molecule has 0 aromatic heterocycles.